The van der Waals surface area contributed by atoms with E-state index >= 15 is 0 Å². The van der Waals surface area contributed by atoms with Gasteiger partial charge in [-0.3, -0.25) is 4.79 Å². The molecule has 2 aliphatic rings. The SMILES string of the molecule is Cc1nc(C2CCCN(C(=O)CCC3CCCO3)C2)no1. The lowest BCUT2D eigenvalue weighted by Gasteiger charge is -2.31. The Hall–Kier alpha value is -1.43. The fourth-order valence-electron chi connectivity index (χ4n) is 3.21. The van der Waals surface area contributed by atoms with E-state index in [1.807, 2.05) is 4.90 Å². The second-order valence-corrected chi connectivity index (χ2v) is 6.02. The highest BCUT2D eigenvalue weighted by atomic mass is 16.5. The van der Waals surface area contributed by atoms with Gasteiger partial charge in [0, 0.05) is 39.0 Å². The zero-order chi connectivity index (χ0) is 14.7. The van der Waals surface area contributed by atoms with E-state index in [-0.39, 0.29) is 17.9 Å². The molecule has 2 aliphatic heterocycles. The summed E-state index contributed by atoms with van der Waals surface area (Å²) in [7, 11) is 0. The van der Waals surface area contributed by atoms with Crippen molar-refractivity contribution >= 4 is 5.91 Å². The number of hydrogen-bond acceptors (Lipinski definition) is 5. The molecule has 2 unspecified atom stereocenters. The average Bonchev–Trinajstić information content (AvgIpc) is 3.16. The van der Waals surface area contributed by atoms with Crippen LogP contribution < -0.4 is 0 Å². The average molecular weight is 293 g/mol. The van der Waals surface area contributed by atoms with Crippen LogP contribution in [0.5, 0.6) is 0 Å². The fraction of sp³-hybridized carbons (Fsp3) is 0.800. The molecule has 1 amide bonds. The van der Waals surface area contributed by atoms with Crippen molar-refractivity contribution in [2.45, 2.75) is 57.5 Å². The van der Waals surface area contributed by atoms with Gasteiger partial charge in [-0.2, -0.15) is 4.98 Å². The van der Waals surface area contributed by atoms with E-state index in [1.54, 1.807) is 6.92 Å². The molecule has 2 atom stereocenters. The number of carbonyl (C=O) groups is 1. The molecule has 3 heterocycles. The summed E-state index contributed by atoms with van der Waals surface area (Å²) in [6.45, 7) is 4.20. The largest absolute Gasteiger partial charge is 0.378 e. The predicted molar refractivity (Wildman–Crippen MR) is 75.8 cm³/mol. The number of hydrogen-bond donors (Lipinski definition) is 0. The fourth-order valence-corrected chi connectivity index (χ4v) is 3.21. The van der Waals surface area contributed by atoms with Gasteiger partial charge in [0.1, 0.15) is 0 Å². The Morgan fingerprint density at radius 3 is 3.00 bits per heavy atom. The Kier molecular flexibility index (Phi) is 4.53. The number of aryl methyl sites for hydroxylation is 1. The van der Waals surface area contributed by atoms with Gasteiger partial charge in [-0.1, -0.05) is 5.16 Å². The number of rotatable bonds is 4. The highest BCUT2D eigenvalue weighted by Crippen LogP contribution is 2.26. The molecule has 21 heavy (non-hydrogen) atoms. The first-order valence-electron chi connectivity index (χ1n) is 7.92. The third kappa shape index (κ3) is 3.61. The summed E-state index contributed by atoms with van der Waals surface area (Å²) in [5.74, 6) is 1.77. The molecule has 116 valence electrons. The summed E-state index contributed by atoms with van der Waals surface area (Å²) >= 11 is 0. The molecule has 2 fully saturated rings. The van der Waals surface area contributed by atoms with Crippen molar-refractivity contribution in [1.29, 1.82) is 0 Å². The number of carbonyl (C=O) groups excluding carboxylic acids is 1. The Morgan fingerprint density at radius 2 is 2.29 bits per heavy atom. The molecule has 0 radical (unpaired) electrons. The van der Waals surface area contributed by atoms with Crippen LogP contribution in [-0.4, -0.2) is 46.7 Å². The quantitative estimate of drug-likeness (QED) is 0.849. The van der Waals surface area contributed by atoms with Crippen LogP contribution in [0.4, 0.5) is 0 Å². The van der Waals surface area contributed by atoms with Gasteiger partial charge < -0.3 is 14.2 Å². The van der Waals surface area contributed by atoms with Crippen LogP contribution >= 0.6 is 0 Å². The van der Waals surface area contributed by atoms with E-state index in [4.69, 9.17) is 9.26 Å². The standard InChI is InChI=1S/C15H23N3O3/c1-11-16-15(17-21-11)12-4-2-8-18(10-12)14(19)7-6-13-5-3-9-20-13/h12-13H,2-10H2,1H3. The van der Waals surface area contributed by atoms with E-state index in [0.29, 0.717) is 18.9 Å². The van der Waals surface area contributed by atoms with Gasteiger partial charge in [0.15, 0.2) is 5.82 Å². The first-order chi connectivity index (χ1) is 10.2. The number of nitrogens with zero attached hydrogens (tertiary/aromatic N) is 3. The smallest absolute Gasteiger partial charge is 0.223 e. The van der Waals surface area contributed by atoms with Crippen molar-refractivity contribution in [1.82, 2.24) is 15.0 Å². The Morgan fingerprint density at radius 1 is 1.38 bits per heavy atom. The maximum atomic E-state index is 12.3. The molecule has 0 aromatic carbocycles. The number of piperidine rings is 1. The van der Waals surface area contributed by atoms with E-state index in [2.05, 4.69) is 10.1 Å². The van der Waals surface area contributed by atoms with Gasteiger partial charge in [0.05, 0.1) is 6.10 Å². The molecule has 1 aromatic rings. The lowest BCUT2D eigenvalue weighted by Crippen LogP contribution is -2.39. The van der Waals surface area contributed by atoms with Crippen LogP contribution in [0.25, 0.3) is 0 Å². The van der Waals surface area contributed by atoms with Gasteiger partial charge in [-0.15, -0.1) is 0 Å². The van der Waals surface area contributed by atoms with Crippen LogP contribution in [0.3, 0.4) is 0 Å². The molecule has 0 bridgehead atoms. The summed E-state index contributed by atoms with van der Waals surface area (Å²) in [6, 6.07) is 0. The lowest BCUT2D eigenvalue weighted by molar-refractivity contribution is -0.133. The van der Waals surface area contributed by atoms with Crippen LogP contribution in [0.2, 0.25) is 0 Å². The van der Waals surface area contributed by atoms with Crippen molar-refractivity contribution in [2.75, 3.05) is 19.7 Å². The van der Waals surface area contributed by atoms with E-state index in [9.17, 15) is 4.79 Å². The van der Waals surface area contributed by atoms with Crippen molar-refractivity contribution in [3.63, 3.8) is 0 Å². The number of likely N-dealkylation sites (tertiary alicyclic amines) is 1. The second kappa shape index (κ2) is 6.56. The van der Waals surface area contributed by atoms with E-state index in [0.717, 1.165) is 51.1 Å². The minimum atomic E-state index is 0.211. The Bertz CT molecular complexity index is 482. The molecule has 0 spiro atoms. The van der Waals surface area contributed by atoms with Crippen molar-refractivity contribution in [3.05, 3.63) is 11.7 Å². The molecule has 2 saturated heterocycles. The van der Waals surface area contributed by atoms with E-state index in [1.165, 1.54) is 0 Å². The normalized spacial score (nSPS) is 26.2. The monoisotopic (exact) mass is 293 g/mol. The van der Waals surface area contributed by atoms with Gasteiger partial charge in [-0.05, 0) is 32.1 Å². The topological polar surface area (TPSA) is 68.5 Å². The molecule has 6 nitrogen and oxygen atoms in total. The lowest BCUT2D eigenvalue weighted by atomic mass is 9.97. The third-order valence-corrected chi connectivity index (χ3v) is 4.39. The summed E-state index contributed by atoms with van der Waals surface area (Å²) in [4.78, 5) is 18.6. The summed E-state index contributed by atoms with van der Waals surface area (Å²) in [5.41, 5.74) is 0. The number of ether oxygens (including phenoxy) is 1. The highest BCUT2D eigenvalue weighted by Gasteiger charge is 2.28. The van der Waals surface area contributed by atoms with Crippen LogP contribution in [-0.2, 0) is 9.53 Å². The Labute approximate surface area is 124 Å². The summed E-state index contributed by atoms with van der Waals surface area (Å²) in [5, 5.41) is 4.00. The third-order valence-electron chi connectivity index (χ3n) is 4.39. The molecule has 6 heteroatoms. The first kappa shape index (κ1) is 14.5. The maximum Gasteiger partial charge on any atom is 0.223 e. The summed E-state index contributed by atoms with van der Waals surface area (Å²) in [6.07, 6.45) is 5.97. The zero-order valence-corrected chi connectivity index (χ0v) is 12.6. The maximum absolute atomic E-state index is 12.3. The van der Waals surface area contributed by atoms with Crippen molar-refractivity contribution in [3.8, 4) is 0 Å². The first-order valence-corrected chi connectivity index (χ1v) is 7.92. The molecule has 0 saturated carbocycles. The van der Waals surface area contributed by atoms with Gasteiger partial charge in [0.2, 0.25) is 11.8 Å². The second-order valence-electron chi connectivity index (χ2n) is 6.02. The van der Waals surface area contributed by atoms with E-state index < -0.39 is 0 Å². The van der Waals surface area contributed by atoms with Crippen LogP contribution in [0.15, 0.2) is 4.52 Å². The Balaban J connectivity index is 1.51. The number of amides is 1. The molecular weight excluding hydrogens is 270 g/mol. The van der Waals surface area contributed by atoms with Crippen molar-refractivity contribution in [2.24, 2.45) is 0 Å². The molecule has 0 N–H and O–H groups in total. The molecular formula is C15H23N3O3. The minimum Gasteiger partial charge on any atom is -0.378 e. The van der Waals surface area contributed by atoms with Crippen LogP contribution in [0.1, 0.15) is 56.2 Å². The minimum absolute atomic E-state index is 0.211. The van der Waals surface area contributed by atoms with Crippen LogP contribution in [0, 0.1) is 6.92 Å². The molecule has 1 aromatic heterocycles. The van der Waals surface area contributed by atoms with Gasteiger partial charge in [0.25, 0.3) is 0 Å². The van der Waals surface area contributed by atoms with Crippen molar-refractivity contribution < 1.29 is 14.1 Å². The summed E-state index contributed by atoms with van der Waals surface area (Å²) < 4.78 is 10.6. The van der Waals surface area contributed by atoms with Gasteiger partial charge >= 0.3 is 0 Å². The molecule has 0 aliphatic carbocycles. The zero-order valence-electron chi connectivity index (χ0n) is 12.6. The highest BCUT2D eigenvalue weighted by molar-refractivity contribution is 5.76. The number of aromatic nitrogens is 2. The predicted octanol–water partition coefficient (Wildman–Crippen LogP) is 2.04. The van der Waals surface area contributed by atoms with Gasteiger partial charge in [-0.25, -0.2) is 0 Å². The molecule has 3 rings (SSSR count).